The molecule has 0 saturated carbocycles. The Morgan fingerprint density at radius 1 is 1.26 bits per heavy atom. The van der Waals surface area contributed by atoms with E-state index < -0.39 is 11.6 Å². The molecule has 5 heteroatoms. The lowest BCUT2D eigenvalue weighted by atomic mass is 10.2. The average Bonchev–Trinajstić information content (AvgIpc) is 2.84. The number of halogens is 2. The lowest BCUT2D eigenvalue weighted by Gasteiger charge is -2.09. The molecule has 1 aromatic heterocycles. The third-order valence-corrected chi connectivity index (χ3v) is 3.99. The molecule has 1 heterocycles. The third-order valence-electron chi connectivity index (χ3n) is 2.76. The molecule has 1 N–H and O–H groups in total. The molecule has 0 aliphatic carbocycles. The Labute approximate surface area is 115 Å². The van der Waals surface area contributed by atoms with Crippen molar-refractivity contribution in [2.45, 2.75) is 26.3 Å². The fourth-order valence-corrected chi connectivity index (χ4v) is 2.69. The standard InChI is InChI=1S/C14H16F2N2S/c1-3-4-17-9(2)13-8-18-14(19-13)10-5-11(15)7-12(16)6-10/h5-9,17H,3-4H2,1-2H3. The van der Waals surface area contributed by atoms with Gasteiger partial charge in [0, 0.05) is 28.7 Å². The Bertz CT molecular complexity index is 534. The fraction of sp³-hybridized carbons (Fsp3) is 0.357. The monoisotopic (exact) mass is 282 g/mol. The Kier molecular flexibility index (Phi) is 4.61. The summed E-state index contributed by atoms with van der Waals surface area (Å²) in [7, 11) is 0. The quantitative estimate of drug-likeness (QED) is 0.891. The van der Waals surface area contributed by atoms with Gasteiger partial charge < -0.3 is 5.32 Å². The third kappa shape index (κ3) is 3.58. The molecule has 1 atom stereocenters. The maximum atomic E-state index is 13.2. The van der Waals surface area contributed by atoms with Crippen molar-refractivity contribution in [1.82, 2.24) is 10.3 Å². The molecule has 0 fully saturated rings. The summed E-state index contributed by atoms with van der Waals surface area (Å²) in [6, 6.07) is 3.67. The molecule has 1 unspecified atom stereocenters. The summed E-state index contributed by atoms with van der Waals surface area (Å²) in [5.74, 6) is -1.16. The molecule has 0 spiro atoms. The van der Waals surface area contributed by atoms with Crippen LogP contribution in [0.4, 0.5) is 8.78 Å². The molecule has 19 heavy (non-hydrogen) atoms. The van der Waals surface area contributed by atoms with Gasteiger partial charge in [0.2, 0.25) is 0 Å². The van der Waals surface area contributed by atoms with Crippen LogP contribution in [-0.2, 0) is 0 Å². The first-order valence-electron chi connectivity index (χ1n) is 6.25. The van der Waals surface area contributed by atoms with Gasteiger partial charge in [0.1, 0.15) is 16.6 Å². The second-order valence-electron chi connectivity index (χ2n) is 4.40. The molecular formula is C14H16F2N2S. The molecule has 0 saturated heterocycles. The van der Waals surface area contributed by atoms with Crippen molar-refractivity contribution >= 4 is 11.3 Å². The van der Waals surface area contributed by atoms with Crippen molar-refractivity contribution in [3.63, 3.8) is 0 Å². The molecule has 2 nitrogen and oxygen atoms in total. The Balaban J connectivity index is 2.20. The second kappa shape index (κ2) is 6.21. The second-order valence-corrected chi connectivity index (χ2v) is 5.46. The zero-order valence-electron chi connectivity index (χ0n) is 10.9. The number of aromatic nitrogens is 1. The summed E-state index contributed by atoms with van der Waals surface area (Å²) in [5, 5.41) is 4.00. The number of benzene rings is 1. The van der Waals surface area contributed by atoms with Crippen LogP contribution in [0.15, 0.2) is 24.4 Å². The minimum atomic E-state index is -0.580. The predicted octanol–water partition coefficient (Wildman–Crippen LogP) is 4.15. The van der Waals surface area contributed by atoms with Crippen LogP contribution in [-0.4, -0.2) is 11.5 Å². The highest BCUT2D eigenvalue weighted by Crippen LogP contribution is 2.29. The zero-order valence-corrected chi connectivity index (χ0v) is 11.7. The van der Waals surface area contributed by atoms with Crippen LogP contribution >= 0.6 is 11.3 Å². The van der Waals surface area contributed by atoms with Crippen molar-refractivity contribution in [2.24, 2.45) is 0 Å². The highest BCUT2D eigenvalue weighted by molar-refractivity contribution is 7.15. The molecule has 1 aromatic carbocycles. The van der Waals surface area contributed by atoms with Gasteiger partial charge in [-0.2, -0.15) is 0 Å². The van der Waals surface area contributed by atoms with Gasteiger partial charge in [-0.15, -0.1) is 11.3 Å². The maximum absolute atomic E-state index is 13.2. The maximum Gasteiger partial charge on any atom is 0.126 e. The van der Waals surface area contributed by atoms with E-state index in [0.717, 1.165) is 23.9 Å². The molecule has 2 rings (SSSR count). The van der Waals surface area contributed by atoms with E-state index in [1.54, 1.807) is 6.20 Å². The van der Waals surface area contributed by atoms with E-state index in [4.69, 9.17) is 0 Å². The molecule has 0 bridgehead atoms. The minimum Gasteiger partial charge on any atom is -0.309 e. The van der Waals surface area contributed by atoms with E-state index >= 15 is 0 Å². The van der Waals surface area contributed by atoms with Crippen LogP contribution in [0.25, 0.3) is 10.6 Å². The molecule has 0 aliphatic rings. The van der Waals surface area contributed by atoms with E-state index in [2.05, 4.69) is 24.1 Å². The first-order chi connectivity index (χ1) is 9.10. The van der Waals surface area contributed by atoms with E-state index in [9.17, 15) is 8.78 Å². The molecule has 0 aliphatic heterocycles. The largest absolute Gasteiger partial charge is 0.309 e. The van der Waals surface area contributed by atoms with Gasteiger partial charge >= 0.3 is 0 Å². The summed E-state index contributed by atoms with van der Waals surface area (Å²) in [4.78, 5) is 5.31. The van der Waals surface area contributed by atoms with Gasteiger partial charge in [-0.05, 0) is 32.0 Å². The van der Waals surface area contributed by atoms with Gasteiger partial charge in [-0.25, -0.2) is 13.8 Å². The number of thiazole rings is 1. The number of hydrogen-bond acceptors (Lipinski definition) is 3. The van der Waals surface area contributed by atoms with Crippen molar-refractivity contribution in [1.29, 1.82) is 0 Å². The fourth-order valence-electron chi connectivity index (χ4n) is 1.76. The summed E-state index contributed by atoms with van der Waals surface area (Å²) >= 11 is 1.45. The smallest absolute Gasteiger partial charge is 0.126 e. The highest BCUT2D eigenvalue weighted by atomic mass is 32.1. The average molecular weight is 282 g/mol. The molecule has 0 radical (unpaired) electrons. The topological polar surface area (TPSA) is 24.9 Å². The van der Waals surface area contributed by atoms with Gasteiger partial charge in [-0.1, -0.05) is 6.92 Å². The zero-order chi connectivity index (χ0) is 13.8. The lowest BCUT2D eigenvalue weighted by molar-refractivity contribution is 0.577. The number of nitrogens with one attached hydrogen (secondary N) is 1. The van der Waals surface area contributed by atoms with Crippen molar-refractivity contribution < 1.29 is 8.78 Å². The number of rotatable bonds is 5. The van der Waals surface area contributed by atoms with E-state index in [0.29, 0.717) is 10.6 Å². The summed E-state index contributed by atoms with van der Waals surface area (Å²) in [6.45, 7) is 5.09. The Morgan fingerprint density at radius 2 is 1.95 bits per heavy atom. The minimum absolute atomic E-state index is 0.199. The van der Waals surface area contributed by atoms with Crippen molar-refractivity contribution in [3.8, 4) is 10.6 Å². The Hall–Kier alpha value is -1.33. The van der Waals surface area contributed by atoms with Gasteiger partial charge in [0.15, 0.2) is 0 Å². The summed E-state index contributed by atoms with van der Waals surface area (Å²) in [6.07, 6.45) is 2.82. The normalized spacial score (nSPS) is 12.6. The SMILES string of the molecule is CCCNC(C)c1cnc(-c2cc(F)cc(F)c2)s1. The molecule has 2 aromatic rings. The van der Waals surface area contributed by atoms with Crippen molar-refractivity contribution in [2.75, 3.05) is 6.54 Å². The van der Waals surface area contributed by atoms with E-state index in [1.165, 1.54) is 23.5 Å². The number of nitrogens with zero attached hydrogens (tertiary/aromatic N) is 1. The number of hydrogen-bond donors (Lipinski definition) is 1. The van der Waals surface area contributed by atoms with E-state index in [1.807, 2.05) is 0 Å². The van der Waals surface area contributed by atoms with Crippen LogP contribution in [0.5, 0.6) is 0 Å². The predicted molar refractivity (Wildman–Crippen MR) is 74.2 cm³/mol. The lowest BCUT2D eigenvalue weighted by Crippen LogP contribution is -2.18. The Morgan fingerprint density at radius 3 is 2.58 bits per heavy atom. The first kappa shape index (κ1) is 14.1. The van der Waals surface area contributed by atoms with Gasteiger partial charge in [-0.3, -0.25) is 0 Å². The first-order valence-corrected chi connectivity index (χ1v) is 7.07. The van der Waals surface area contributed by atoms with Gasteiger partial charge in [0.05, 0.1) is 0 Å². The summed E-state index contributed by atoms with van der Waals surface area (Å²) < 4.78 is 26.3. The highest BCUT2D eigenvalue weighted by Gasteiger charge is 2.11. The van der Waals surface area contributed by atoms with E-state index in [-0.39, 0.29) is 6.04 Å². The van der Waals surface area contributed by atoms with Crippen LogP contribution in [0, 0.1) is 11.6 Å². The molecule has 0 amide bonds. The van der Waals surface area contributed by atoms with Crippen LogP contribution < -0.4 is 5.32 Å². The molecule has 102 valence electrons. The summed E-state index contributed by atoms with van der Waals surface area (Å²) in [5.41, 5.74) is 0.483. The van der Waals surface area contributed by atoms with Crippen LogP contribution in [0.1, 0.15) is 31.2 Å². The van der Waals surface area contributed by atoms with Crippen molar-refractivity contribution in [3.05, 3.63) is 40.9 Å². The van der Waals surface area contributed by atoms with Crippen LogP contribution in [0.2, 0.25) is 0 Å². The molecular weight excluding hydrogens is 266 g/mol. The van der Waals surface area contributed by atoms with Crippen LogP contribution in [0.3, 0.4) is 0 Å². The van der Waals surface area contributed by atoms with Gasteiger partial charge in [0.25, 0.3) is 0 Å².